The second kappa shape index (κ2) is 9.25. The van der Waals surface area contributed by atoms with E-state index in [1.165, 1.54) is 19.1 Å². The maximum Gasteiger partial charge on any atom is 0.416 e. The molecule has 1 heterocycles. The van der Waals surface area contributed by atoms with Crippen LogP contribution in [0.3, 0.4) is 0 Å². The Balaban J connectivity index is 1.73. The van der Waals surface area contributed by atoms with Gasteiger partial charge in [-0.15, -0.1) is 0 Å². The van der Waals surface area contributed by atoms with Gasteiger partial charge < -0.3 is 19.8 Å². The van der Waals surface area contributed by atoms with E-state index in [4.69, 9.17) is 9.15 Å². The lowest BCUT2D eigenvalue weighted by Gasteiger charge is -2.14. The molecule has 0 saturated heterocycles. The van der Waals surface area contributed by atoms with Crippen LogP contribution < -0.4 is 15.4 Å². The molecule has 3 rings (SSSR count). The number of benzene rings is 2. The van der Waals surface area contributed by atoms with E-state index in [0.717, 1.165) is 22.7 Å². The molecule has 0 unspecified atom stereocenters. The molecule has 0 aliphatic heterocycles. The zero-order chi connectivity index (χ0) is 22.6. The molecule has 0 saturated carbocycles. The zero-order valence-corrected chi connectivity index (χ0v) is 17.6. The van der Waals surface area contributed by atoms with Crippen molar-refractivity contribution in [3.05, 3.63) is 76.2 Å². The third kappa shape index (κ3) is 6.11. The lowest BCUT2D eigenvalue weighted by Crippen LogP contribution is -2.16. The molecule has 31 heavy (non-hydrogen) atoms. The minimum Gasteiger partial charge on any atom is -0.486 e. The minimum absolute atomic E-state index is 0.0270. The molecule has 162 valence electrons. The van der Waals surface area contributed by atoms with Gasteiger partial charge in [0.2, 0.25) is 5.91 Å². The van der Waals surface area contributed by atoms with Crippen LogP contribution in [0.15, 0.2) is 63.5 Å². The lowest BCUT2D eigenvalue weighted by molar-refractivity contribution is -0.137. The molecule has 0 bridgehead atoms. The Bertz CT molecular complexity index is 1090. The number of halogens is 4. The van der Waals surface area contributed by atoms with Gasteiger partial charge in [-0.2, -0.15) is 13.2 Å². The van der Waals surface area contributed by atoms with E-state index >= 15 is 0 Å². The van der Waals surface area contributed by atoms with E-state index in [0.29, 0.717) is 11.5 Å². The molecule has 0 fully saturated rings. The lowest BCUT2D eigenvalue weighted by atomic mass is 10.1. The molecular weight excluding hydrogens is 481 g/mol. The zero-order valence-electron chi connectivity index (χ0n) is 16.0. The molecular formula is C21H16BrF3N2O4. The fourth-order valence-corrected chi connectivity index (χ4v) is 2.83. The first-order valence-corrected chi connectivity index (χ1v) is 9.68. The van der Waals surface area contributed by atoms with Gasteiger partial charge >= 0.3 is 6.18 Å². The summed E-state index contributed by atoms with van der Waals surface area (Å²) in [6.07, 6.45) is -4.61. The highest BCUT2D eigenvalue weighted by Gasteiger charge is 2.31. The van der Waals surface area contributed by atoms with Gasteiger partial charge in [-0.25, -0.2) is 0 Å². The van der Waals surface area contributed by atoms with Gasteiger partial charge in [0.05, 0.1) is 16.9 Å². The maximum atomic E-state index is 13.0. The van der Waals surface area contributed by atoms with Crippen LogP contribution in [-0.2, 0) is 17.6 Å². The van der Waals surface area contributed by atoms with Crippen molar-refractivity contribution >= 4 is 39.1 Å². The summed E-state index contributed by atoms with van der Waals surface area (Å²) < 4.78 is 51.0. The molecule has 10 heteroatoms. The van der Waals surface area contributed by atoms with Crippen LogP contribution in [0, 0.1) is 0 Å². The second-order valence-electron chi connectivity index (χ2n) is 6.40. The first-order chi connectivity index (χ1) is 14.6. The summed E-state index contributed by atoms with van der Waals surface area (Å²) in [4.78, 5) is 23.8. The molecule has 1 aromatic heterocycles. The molecule has 2 N–H and O–H groups in total. The number of carbonyl (C=O) groups excluding carboxylic acids is 2. The first-order valence-electron chi connectivity index (χ1n) is 8.89. The minimum atomic E-state index is -4.61. The number of rotatable bonds is 6. The van der Waals surface area contributed by atoms with Crippen molar-refractivity contribution < 1.29 is 31.9 Å². The van der Waals surface area contributed by atoms with Crippen molar-refractivity contribution in [2.45, 2.75) is 19.7 Å². The fourth-order valence-electron chi connectivity index (χ4n) is 2.57. The smallest absolute Gasteiger partial charge is 0.416 e. The Kier molecular flexibility index (Phi) is 6.69. The number of hydrogen-bond donors (Lipinski definition) is 2. The number of hydrogen-bond acceptors (Lipinski definition) is 4. The third-order valence-corrected chi connectivity index (χ3v) is 4.51. The number of amides is 2. The molecule has 0 aliphatic rings. The monoisotopic (exact) mass is 496 g/mol. The van der Waals surface area contributed by atoms with Crippen molar-refractivity contribution in [1.82, 2.24) is 0 Å². The molecule has 0 aliphatic carbocycles. The van der Waals surface area contributed by atoms with Gasteiger partial charge in [0, 0.05) is 11.4 Å². The van der Waals surface area contributed by atoms with E-state index in [1.807, 2.05) is 0 Å². The highest BCUT2D eigenvalue weighted by molar-refractivity contribution is 9.10. The Labute approximate surface area is 183 Å². The average molecular weight is 497 g/mol. The van der Waals surface area contributed by atoms with Crippen molar-refractivity contribution in [2.24, 2.45) is 0 Å². The van der Waals surface area contributed by atoms with Crippen LogP contribution in [0.25, 0.3) is 0 Å². The number of alkyl halides is 3. The van der Waals surface area contributed by atoms with Crippen LogP contribution in [0.1, 0.15) is 28.8 Å². The van der Waals surface area contributed by atoms with Crippen LogP contribution in [0.4, 0.5) is 24.5 Å². The van der Waals surface area contributed by atoms with Gasteiger partial charge in [0.25, 0.3) is 5.91 Å². The molecule has 2 aromatic carbocycles. The van der Waals surface area contributed by atoms with Gasteiger partial charge in [-0.1, -0.05) is 15.9 Å². The van der Waals surface area contributed by atoms with Crippen molar-refractivity contribution in [3.8, 4) is 5.75 Å². The Hall–Kier alpha value is -3.27. The van der Waals surface area contributed by atoms with Crippen LogP contribution in [0.5, 0.6) is 5.75 Å². The predicted octanol–water partition coefficient (Wildman–Crippen LogP) is 5.85. The molecule has 3 aromatic rings. The van der Waals surface area contributed by atoms with E-state index in [1.54, 1.807) is 24.3 Å². The standard InChI is InChI=1S/C21H16BrF3N2O4/c1-12(28)26-17-8-2-13(21(23,24)25)10-18(17)27-20(29)19-9-7-16(31-19)11-30-15-5-3-14(22)4-6-15/h2-10H,11H2,1H3,(H,26,28)(H,27,29). The Morgan fingerprint density at radius 3 is 2.35 bits per heavy atom. The Morgan fingerprint density at radius 2 is 1.71 bits per heavy atom. The van der Waals surface area contributed by atoms with Crippen LogP contribution in [0.2, 0.25) is 0 Å². The summed E-state index contributed by atoms with van der Waals surface area (Å²) in [7, 11) is 0. The maximum absolute atomic E-state index is 13.0. The third-order valence-electron chi connectivity index (χ3n) is 3.99. The van der Waals surface area contributed by atoms with Gasteiger partial charge in [0.1, 0.15) is 18.1 Å². The Morgan fingerprint density at radius 1 is 1.00 bits per heavy atom. The SMILES string of the molecule is CC(=O)Nc1ccc(C(F)(F)F)cc1NC(=O)c1ccc(COc2ccc(Br)cc2)o1. The molecule has 0 atom stereocenters. The van der Waals surface area contributed by atoms with E-state index < -0.39 is 23.6 Å². The quantitative estimate of drug-likeness (QED) is 0.448. The summed E-state index contributed by atoms with van der Waals surface area (Å²) in [6, 6.07) is 12.6. The van der Waals surface area contributed by atoms with Gasteiger partial charge in [0.15, 0.2) is 5.76 Å². The van der Waals surface area contributed by atoms with Crippen molar-refractivity contribution in [1.29, 1.82) is 0 Å². The summed E-state index contributed by atoms with van der Waals surface area (Å²) in [6.45, 7) is 1.25. The topological polar surface area (TPSA) is 80.6 Å². The van der Waals surface area contributed by atoms with Gasteiger partial charge in [-0.05, 0) is 54.6 Å². The highest BCUT2D eigenvalue weighted by atomic mass is 79.9. The summed E-state index contributed by atoms with van der Waals surface area (Å²) in [5, 5.41) is 4.73. The molecule has 6 nitrogen and oxygen atoms in total. The number of anilines is 2. The largest absolute Gasteiger partial charge is 0.486 e. The summed E-state index contributed by atoms with van der Waals surface area (Å²) >= 11 is 3.32. The van der Waals surface area contributed by atoms with Crippen molar-refractivity contribution in [2.75, 3.05) is 10.6 Å². The molecule has 0 spiro atoms. The first kappa shape index (κ1) is 22.4. The fraction of sp³-hybridized carbons (Fsp3) is 0.143. The van der Waals surface area contributed by atoms with Crippen molar-refractivity contribution in [3.63, 3.8) is 0 Å². The summed E-state index contributed by atoms with van der Waals surface area (Å²) in [5.74, 6) is -0.462. The number of ether oxygens (including phenoxy) is 1. The molecule has 2 amide bonds. The predicted molar refractivity (Wildman–Crippen MR) is 111 cm³/mol. The number of nitrogens with one attached hydrogen (secondary N) is 2. The van der Waals surface area contributed by atoms with E-state index in [9.17, 15) is 22.8 Å². The number of furan rings is 1. The normalized spacial score (nSPS) is 11.1. The average Bonchev–Trinajstić information content (AvgIpc) is 3.17. The second-order valence-corrected chi connectivity index (χ2v) is 7.32. The van der Waals surface area contributed by atoms with Crippen LogP contribution >= 0.6 is 15.9 Å². The molecule has 0 radical (unpaired) electrons. The highest BCUT2D eigenvalue weighted by Crippen LogP contribution is 2.34. The van der Waals surface area contributed by atoms with E-state index in [2.05, 4.69) is 26.6 Å². The van der Waals surface area contributed by atoms with Crippen LogP contribution in [-0.4, -0.2) is 11.8 Å². The summed E-state index contributed by atoms with van der Waals surface area (Å²) in [5.41, 5.74) is -1.15. The van der Waals surface area contributed by atoms with Gasteiger partial charge in [-0.3, -0.25) is 9.59 Å². The number of carbonyl (C=O) groups is 2. The van der Waals surface area contributed by atoms with E-state index in [-0.39, 0.29) is 23.7 Å².